The Morgan fingerprint density at radius 1 is 1.29 bits per heavy atom. The van der Waals surface area contributed by atoms with Gasteiger partial charge in [0.1, 0.15) is 0 Å². The molecule has 1 aliphatic carbocycles. The van der Waals surface area contributed by atoms with Crippen LogP contribution in [0.4, 0.5) is 13.2 Å². The van der Waals surface area contributed by atoms with E-state index in [2.05, 4.69) is 5.32 Å². The molecular weight excluding hydrogens is 231 g/mol. The van der Waals surface area contributed by atoms with Crippen molar-refractivity contribution < 1.29 is 17.9 Å². The van der Waals surface area contributed by atoms with E-state index in [0.717, 1.165) is 6.42 Å². The first kappa shape index (κ1) is 14.8. The van der Waals surface area contributed by atoms with E-state index in [0.29, 0.717) is 26.1 Å². The molecule has 0 radical (unpaired) electrons. The van der Waals surface area contributed by atoms with Crippen molar-refractivity contribution in [3.63, 3.8) is 0 Å². The second-order valence-electron chi connectivity index (χ2n) is 4.77. The van der Waals surface area contributed by atoms with Crippen LogP contribution >= 0.6 is 0 Å². The second-order valence-corrected chi connectivity index (χ2v) is 4.77. The smallest absolute Gasteiger partial charge is 0.380 e. The summed E-state index contributed by atoms with van der Waals surface area (Å²) in [7, 11) is 0. The molecule has 1 fully saturated rings. The van der Waals surface area contributed by atoms with Gasteiger partial charge < -0.3 is 10.1 Å². The Labute approximate surface area is 101 Å². The largest absolute Gasteiger partial charge is 0.393 e. The third-order valence-electron chi connectivity index (χ3n) is 3.26. The van der Waals surface area contributed by atoms with Gasteiger partial charge in [0.25, 0.3) is 0 Å². The predicted molar refractivity (Wildman–Crippen MR) is 60.9 cm³/mol. The first-order valence-electron chi connectivity index (χ1n) is 6.35. The first-order valence-corrected chi connectivity index (χ1v) is 6.35. The summed E-state index contributed by atoms with van der Waals surface area (Å²) >= 11 is 0. The van der Waals surface area contributed by atoms with Gasteiger partial charge in [0.2, 0.25) is 0 Å². The van der Waals surface area contributed by atoms with Crippen molar-refractivity contribution in [2.75, 3.05) is 13.2 Å². The SMILES string of the molecule is CCOCC(C)NC1CCCCC1C(F)(F)F. The zero-order valence-corrected chi connectivity index (χ0v) is 10.5. The van der Waals surface area contributed by atoms with E-state index in [4.69, 9.17) is 4.74 Å². The lowest BCUT2D eigenvalue weighted by Crippen LogP contribution is -2.49. The molecule has 0 aliphatic heterocycles. The summed E-state index contributed by atoms with van der Waals surface area (Å²) in [5.74, 6) is -1.19. The van der Waals surface area contributed by atoms with Gasteiger partial charge in [0, 0.05) is 18.7 Å². The molecule has 5 heteroatoms. The van der Waals surface area contributed by atoms with Crippen LogP contribution in [-0.2, 0) is 4.74 Å². The van der Waals surface area contributed by atoms with Crippen molar-refractivity contribution in [2.45, 2.75) is 57.8 Å². The highest BCUT2D eigenvalue weighted by Gasteiger charge is 2.45. The maximum Gasteiger partial charge on any atom is 0.393 e. The van der Waals surface area contributed by atoms with Crippen LogP contribution in [0.25, 0.3) is 0 Å². The molecule has 2 nitrogen and oxygen atoms in total. The van der Waals surface area contributed by atoms with Crippen molar-refractivity contribution in [2.24, 2.45) is 5.92 Å². The molecule has 3 unspecified atom stereocenters. The Balaban J connectivity index is 2.48. The number of hydrogen-bond donors (Lipinski definition) is 1. The fourth-order valence-corrected chi connectivity index (χ4v) is 2.43. The minimum atomic E-state index is -4.08. The number of hydrogen-bond acceptors (Lipinski definition) is 2. The van der Waals surface area contributed by atoms with E-state index in [-0.39, 0.29) is 12.5 Å². The van der Waals surface area contributed by atoms with Crippen molar-refractivity contribution in [3.8, 4) is 0 Å². The van der Waals surface area contributed by atoms with Gasteiger partial charge in [-0.25, -0.2) is 0 Å². The monoisotopic (exact) mass is 253 g/mol. The molecule has 0 spiro atoms. The van der Waals surface area contributed by atoms with E-state index in [9.17, 15) is 13.2 Å². The van der Waals surface area contributed by atoms with Gasteiger partial charge in [0.15, 0.2) is 0 Å². The van der Waals surface area contributed by atoms with Crippen LogP contribution in [0.15, 0.2) is 0 Å². The molecule has 0 aromatic rings. The van der Waals surface area contributed by atoms with Crippen molar-refractivity contribution in [1.29, 1.82) is 0 Å². The van der Waals surface area contributed by atoms with Gasteiger partial charge in [0.05, 0.1) is 12.5 Å². The molecule has 1 aliphatic rings. The van der Waals surface area contributed by atoms with E-state index in [1.165, 1.54) is 0 Å². The maximum atomic E-state index is 12.8. The highest BCUT2D eigenvalue weighted by atomic mass is 19.4. The van der Waals surface area contributed by atoms with Crippen LogP contribution in [0.3, 0.4) is 0 Å². The van der Waals surface area contributed by atoms with E-state index in [1.54, 1.807) is 0 Å². The normalized spacial score (nSPS) is 28.1. The summed E-state index contributed by atoms with van der Waals surface area (Å²) in [6.07, 6.45) is -1.65. The second kappa shape index (κ2) is 6.59. The standard InChI is InChI=1S/C12H22F3NO/c1-3-17-8-9(2)16-11-7-5-4-6-10(11)12(13,14)15/h9-11,16H,3-8H2,1-2H3. The minimum Gasteiger partial charge on any atom is -0.380 e. The lowest BCUT2D eigenvalue weighted by atomic mass is 9.83. The van der Waals surface area contributed by atoms with Crippen LogP contribution < -0.4 is 5.32 Å². The van der Waals surface area contributed by atoms with E-state index >= 15 is 0 Å². The quantitative estimate of drug-likeness (QED) is 0.812. The Bertz CT molecular complexity index is 220. The third-order valence-corrected chi connectivity index (χ3v) is 3.26. The molecular formula is C12H22F3NO. The Morgan fingerprint density at radius 3 is 2.53 bits per heavy atom. The molecule has 17 heavy (non-hydrogen) atoms. The van der Waals surface area contributed by atoms with Gasteiger partial charge in [-0.3, -0.25) is 0 Å². The number of rotatable bonds is 5. The molecule has 0 aromatic heterocycles. The van der Waals surface area contributed by atoms with Crippen LogP contribution in [0.1, 0.15) is 39.5 Å². The average molecular weight is 253 g/mol. The maximum absolute atomic E-state index is 12.8. The van der Waals surface area contributed by atoms with Crippen molar-refractivity contribution in [3.05, 3.63) is 0 Å². The molecule has 102 valence electrons. The molecule has 0 aromatic carbocycles. The molecule has 0 heterocycles. The Morgan fingerprint density at radius 2 is 1.94 bits per heavy atom. The molecule has 1 rings (SSSR count). The summed E-state index contributed by atoms with van der Waals surface area (Å²) < 4.78 is 43.7. The molecule has 0 amide bonds. The lowest BCUT2D eigenvalue weighted by molar-refractivity contribution is -0.189. The summed E-state index contributed by atoms with van der Waals surface area (Å²) in [6, 6.07) is -0.470. The fourth-order valence-electron chi connectivity index (χ4n) is 2.43. The van der Waals surface area contributed by atoms with Gasteiger partial charge >= 0.3 is 6.18 Å². The number of alkyl halides is 3. The van der Waals surface area contributed by atoms with Gasteiger partial charge in [-0.15, -0.1) is 0 Å². The molecule has 3 atom stereocenters. The number of ether oxygens (including phenoxy) is 1. The minimum absolute atomic E-state index is 0.0251. The number of nitrogens with one attached hydrogen (secondary N) is 1. The summed E-state index contributed by atoms with van der Waals surface area (Å²) in [5, 5.41) is 3.07. The van der Waals surface area contributed by atoms with Crippen LogP contribution in [0, 0.1) is 5.92 Å². The van der Waals surface area contributed by atoms with Crippen LogP contribution in [0.5, 0.6) is 0 Å². The zero-order chi connectivity index (χ0) is 12.9. The first-order chi connectivity index (χ1) is 7.95. The van der Waals surface area contributed by atoms with Gasteiger partial charge in [-0.1, -0.05) is 12.8 Å². The highest BCUT2D eigenvalue weighted by molar-refractivity contribution is 4.86. The number of halogens is 3. The van der Waals surface area contributed by atoms with Crippen molar-refractivity contribution >= 4 is 0 Å². The third kappa shape index (κ3) is 4.84. The lowest BCUT2D eigenvalue weighted by Gasteiger charge is -2.35. The summed E-state index contributed by atoms with van der Waals surface area (Å²) in [6.45, 7) is 4.82. The van der Waals surface area contributed by atoms with Crippen LogP contribution in [-0.4, -0.2) is 31.5 Å². The molecule has 0 saturated heterocycles. The molecule has 0 bridgehead atoms. The fraction of sp³-hybridized carbons (Fsp3) is 1.00. The highest BCUT2D eigenvalue weighted by Crippen LogP contribution is 2.37. The Kier molecular flexibility index (Phi) is 5.73. The average Bonchev–Trinajstić information content (AvgIpc) is 2.25. The van der Waals surface area contributed by atoms with Gasteiger partial charge in [-0.05, 0) is 26.7 Å². The summed E-state index contributed by atoms with van der Waals surface area (Å²) in [4.78, 5) is 0. The topological polar surface area (TPSA) is 21.3 Å². The summed E-state index contributed by atoms with van der Waals surface area (Å²) in [5.41, 5.74) is 0. The van der Waals surface area contributed by atoms with Gasteiger partial charge in [-0.2, -0.15) is 13.2 Å². The molecule has 1 saturated carbocycles. The van der Waals surface area contributed by atoms with E-state index in [1.807, 2.05) is 13.8 Å². The molecule has 1 N–H and O–H groups in total. The predicted octanol–water partition coefficient (Wildman–Crippen LogP) is 3.12. The van der Waals surface area contributed by atoms with Crippen LogP contribution in [0.2, 0.25) is 0 Å². The Hall–Kier alpha value is -0.290. The van der Waals surface area contributed by atoms with E-state index < -0.39 is 18.1 Å². The zero-order valence-electron chi connectivity index (χ0n) is 10.5. The van der Waals surface area contributed by atoms with Crippen molar-refractivity contribution in [1.82, 2.24) is 5.32 Å².